The number of halogens is 2. The van der Waals surface area contributed by atoms with Crippen LogP contribution >= 0.6 is 0 Å². The van der Waals surface area contributed by atoms with Gasteiger partial charge in [-0.2, -0.15) is 0 Å². The average molecular weight is 382 g/mol. The van der Waals surface area contributed by atoms with E-state index in [9.17, 15) is 23.5 Å². The maximum absolute atomic E-state index is 13.6. The van der Waals surface area contributed by atoms with Gasteiger partial charge in [-0.3, -0.25) is 14.6 Å². The van der Waals surface area contributed by atoms with Crippen LogP contribution in [0.4, 0.5) is 13.6 Å². The number of nitrogens with one attached hydrogen (secondary N) is 1. The number of amides is 3. The maximum atomic E-state index is 13.6. The molecule has 0 bridgehead atoms. The van der Waals surface area contributed by atoms with E-state index in [4.69, 9.17) is 0 Å². The normalized spacial score (nSPS) is 25.7. The third-order valence-electron chi connectivity index (χ3n) is 5.23. The molecule has 148 valence electrons. The quantitative estimate of drug-likeness (QED) is 0.719. The molecule has 0 aliphatic carbocycles. The number of aliphatic hydroxyl groups is 1. The number of hydrogen-bond acceptors (Lipinski definition) is 5. The third-order valence-corrected chi connectivity index (χ3v) is 5.23. The van der Waals surface area contributed by atoms with Crippen molar-refractivity contribution in [1.82, 2.24) is 20.0 Å². The molecule has 27 heavy (non-hydrogen) atoms. The SMILES string of the molecule is CN1CCN(C[C@@H](O)CN2C(=O)N[C@](C)(c3ccc(F)c(F)c3)C2=O)CC1. The first-order chi connectivity index (χ1) is 12.7. The van der Waals surface area contributed by atoms with E-state index in [0.29, 0.717) is 6.54 Å². The van der Waals surface area contributed by atoms with Crippen molar-refractivity contribution < 1.29 is 23.5 Å². The summed E-state index contributed by atoms with van der Waals surface area (Å²) in [4.78, 5) is 30.3. The standard InChI is InChI=1S/C18H24F2N4O3/c1-18(12-3-4-14(19)15(20)9-12)16(26)24(17(27)21-18)11-13(25)10-23-7-5-22(2)6-8-23/h3-4,9,13,25H,5-8,10-11H2,1-2H3,(H,21,27)/t13-,18-/m1/s1. The van der Waals surface area contributed by atoms with Crippen molar-refractivity contribution in [2.24, 2.45) is 0 Å². The van der Waals surface area contributed by atoms with E-state index in [0.717, 1.165) is 43.2 Å². The monoisotopic (exact) mass is 382 g/mol. The Morgan fingerprint density at radius 1 is 1.15 bits per heavy atom. The fourth-order valence-corrected chi connectivity index (χ4v) is 3.46. The fourth-order valence-electron chi connectivity index (χ4n) is 3.46. The number of nitrogens with zero attached hydrogens (tertiary/aromatic N) is 3. The van der Waals surface area contributed by atoms with E-state index in [2.05, 4.69) is 15.1 Å². The number of carbonyl (C=O) groups excluding carboxylic acids is 2. The molecule has 2 aliphatic rings. The Morgan fingerprint density at radius 3 is 2.44 bits per heavy atom. The molecule has 1 aromatic rings. The van der Waals surface area contributed by atoms with E-state index in [1.54, 1.807) is 0 Å². The van der Waals surface area contributed by atoms with E-state index in [1.165, 1.54) is 13.0 Å². The number of imide groups is 1. The van der Waals surface area contributed by atoms with Gasteiger partial charge in [0.15, 0.2) is 11.6 Å². The van der Waals surface area contributed by atoms with Gasteiger partial charge in [-0.15, -0.1) is 0 Å². The molecule has 3 rings (SSSR count). The zero-order valence-electron chi connectivity index (χ0n) is 15.4. The molecule has 2 aliphatic heterocycles. The number of β-amino-alcohol motifs (C(OH)–C–C–N with tert-alkyl or cyclic N) is 1. The van der Waals surface area contributed by atoms with Gasteiger partial charge in [0.05, 0.1) is 12.6 Å². The Labute approximate surface area is 156 Å². The van der Waals surface area contributed by atoms with Crippen molar-refractivity contribution >= 4 is 11.9 Å². The number of urea groups is 1. The lowest BCUT2D eigenvalue weighted by Crippen LogP contribution is -2.49. The van der Waals surface area contributed by atoms with Crippen LogP contribution in [0.1, 0.15) is 12.5 Å². The number of carbonyl (C=O) groups is 2. The lowest BCUT2D eigenvalue weighted by atomic mass is 9.92. The van der Waals surface area contributed by atoms with E-state index < -0.39 is 35.2 Å². The largest absolute Gasteiger partial charge is 0.390 e. The minimum absolute atomic E-state index is 0.149. The van der Waals surface area contributed by atoms with E-state index in [-0.39, 0.29) is 12.1 Å². The molecule has 2 N–H and O–H groups in total. The van der Waals surface area contributed by atoms with E-state index >= 15 is 0 Å². The van der Waals surface area contributed by atoms with Crippen molar-refractivity contribution in [2.75, 3.05) is 46.3 Å². The molecule has 2 heterocycles. The first kappa shape index (κ1) is 19.7. The van der Waals surface area contributed by atoms with E-state index in [1.807, 2.05) is 7.05 Å². The lowest BCUT2D eigenvalue weighted by molar-refractivity contribution is -0.132. The molecule has 9 heteroatoms. The second kappa shape index (κ2) is 7.49. The zero-order chi connectivity index (χ0) is 19.8. The summed E-state index contributed by atoms with van der Waals surface area (Å²) in [5, 5.41) is 12.9. The van der Waals surface area contributed by atoms with Crippen LogP contribution in [-0.4, -0.2) is 84.2 Å². The molecular weight excluding hydrogens is 358 g/mol. The van der Waals surface area contributed by atoms with Gasteiger partial charge in [0, 0.05) is 32.7 Å². The number of piperazine rings is 1. The van der Waals surface area contributed by atoms with Crippen LogP contribution < -0.4 is 5.32 Å². The minimum Gasteiger partial charge on any atom is -0.390 e. The Morgan fingerprint density at radius 2 is 1.81 bits per heavy atom. The Balaban J connectivity index is 1.67. The van der Waals surface area contributed by atoms with Crippen molar-refractivity contribution in [2.45, 2.75) is 18.6 Å². The van der Waals surface area contributed by atoms with Crippen molar-refractivity contribution in [1.29, 1.82) is 0 Å². The summed E-state index contributed by atoms with van der Waals surface area (Å²) in [7, 11) is 2.03. The molecule has 0 radical (unpaired) electrons. The van der Waals surface area contributed by atoms with Crippen LogP contribution in [0.2, 0.25) is 0 Å². The van der Waals surface area contributed by atoms with Gasteiger partial charge in [0.2, 0.25) is 0 Å². The second-order valence-electron chi connectivity index (χ2n) is 7.36. The second-order valence-corrected chi connectivity index (χ2v) is 7.36. The van der Waals surface area contributed by atoms with Gasteiger partial charge in [0.1, 0.15) is 5.54 Å². The molecule has 0 saturated carbocycles. The van der Waals surface area contributed by atoms with Crippen LogP contribution in [0, 0.1) is 11.6 Å². The molecule has 1 aromatic carbocycles. The topological polar surface area (TPSA) is 76.1 Å². The summed E-state index contributed by atoms with van der Waals surface area (Å²) < 4.78 is 26.7. The highest BCUT2D eigenvalue weighted by Gasteiger charge is 2.49. The number of likely N-dealkylation sites (N-methyl/N-ethyl adjacent to an activating group) is 1. The van der Waals surface area contributed by atoms with Gasteiger partial charge in [-0.05, 0) is 31.7 Å². The molecule has 3 amide bonds. The molecule has 0 aromatic heterocycles. The molecule has 2 fully saturated rings. The first-order valence-corrected chi connectivity index (χ1v) is 8.89. The number of aliphatic hydroxyl groups excluding tert-OH is 1. The zero-order valence-corrected chi connectivity index (χ0v) is 15.4. The number of benzene rings is 1. The van der Waals surface area contributed by atoms with Crippen molar-refractivity contribution in [3.63, 3.8) is 0 Å². The minimum atomic E-state index is -1.50. The summed E-state index contributed by atoms with van der Waals surface area (Å²) >= 11 is 0. The molecule has 2 atom stereocenters. The van der Waals surface area contributed by atoms with Crippen molar-refractivity contribution in [3.05, 3.63) is 35.4 Å². The van der Waals surface area contributed by atoms with Crippen LogP contribution in [-0.2, 0) is 10.3 Å². The first-order valence-electron chi connectivity index (χ1n) is 8.89. The summed E-state index contributed by atoms with van der Waals surface area (Å²) in [6.07, 6.45) is -0.893. The highest BCUT2D eigenvalue weighted by molar-refractivity contribution is 6.07. The van der Waals surface area contributed by atoms with Gasteiger partial charge in [-0.1, -0.05) is 6.07 Å². The van der Waals surface area contributed by atoms with Gasteiger partial charge < -0.3 is 15.3 Å². The Bertz CT molecular complexity index is 739. The highest BCUT2D eigenvalue weighted by Crippen LogP contribution is 2.29. The fraction of sp³-hybridized carbons (Fsp3) is 0.556. The van der Waals surface area contributed by atoms with Crippen molar-refractivity contribution in [3.8, 4) is 0 Å². The molecule has 0 spiro atoms. The van der Waals surface area contributed by atoms with Crippen LogP contribution in [0.25, 0.3) is 0 Å². The van der Waals surface area contributed by atoms with Crippen LogP contribution in [0.15, 0.2) is 18.2 Å². The molecule has 0 unspecified atom stereocenters. The molecular formula is C18H24F2N4O3. The summed E-state index contributed by atoms with van der Waals surface area (Å²) in [6, 6.07) is 2.42. The average Bonchev–Trinajstić information content (AvgIpc) is 2.83. The van der Waals surface area contributed by atoms with Gasteiger partial charge >= 0.3 is 6.03 Å². The van der Waals surface area contributed by atoms with Gasteiger partial charge in [-0.25, -0.2) is 13.6 Å². The predicted molar refractivity (Wildman–Crippen MR) is 93.9 cm³/mol. The predicted octanol–water partition coefficient (Wildman–Crippen LogP) is 0.340. The molecule has 2 saturated heterocycles. The van der Waals surface area contributed by atoms with Crippen LogP contribution in [0.3, 0.4) is 0 Å². The molecule has 7 nitrogen and oxygen atoms in total. The summed E-state index contributed by atoms with van der Waals surface area (Å²) in [6.45, 7) is 5.03. The Hall–Kier alpha value is -2.10. The van der Waals surface area contributed by atoms with Gasteiger partial charge in [0.25, 0.3) is 5.91 Å². The Kier molecular flexibility index (Phi) is 5.45. The summed E-state index contributed by atoms with van der Waals surface area (Å²) in [5.74, 6) is -2.72. The lowest BCUT2D eigenvalue weighted by Gasteiger charge is -2.34. The maximum Gasteiger partial charge on any atom is 0.325 e. The number of hydrogen-bond donors (Lipinski definition) is 2. The summed E-state index contributed by atoms with van der Waals surface area (Å²) in [5.41, 5.74) is -1.35. The number of rotatable bonds is 5. The van der Waals surface area contributed by atoms with Crippen LogP contribution in [0.5, 0.6) is 0 Å². The highest BCUT2D eigenvalue weighted by atomic mass is 19.2. The smallest absolute Gasteiger partial charge is 0.325 e. The third kappa shape index (κ3) is 3.95.